The van der Waals surface area contributed by atoms with Crippen LogP contribution in [0.3, 0.4) is 0 Å². The molecule has 0 bridgehead atoms. The van der Waals surface area contributed by atoms with Crippen molar-refractivity contribution in [3.8, 4) is 11.1 Å². The molecule has 0 aromatic heterocycles. The van der Waals surface area contributed by atoms with Crippen molar-refractivity contribution in [2.24, 2.45) is 0 Å². The number of hydrogen-bond acceptors (Lipinski definition) is 5. The lowest BCUT2D eigenvalue weighted by Crippen LogP contribution is -2.51. The number of hydrogen-bond donors (Lipinski definition) is 5. The largest absolute Gasteiger partial charge is 0.391 e. The third-order valence-electron chi connectivity index (χ3n) is 6.05. The Hall–Kier alpha value is -2.74. The lowest BCUT2D eigenvalue weighted by molar-refractivity contribution is -0.133. The van der Waals surface area contributed by atoms with Gasteiger partial charge in [-0.3, -0.25) is 14.8 Å². The van der Waals surface area contributed by atoms with Crippen LogP contribution in [0.5, 0.6) is 0 Å². The number of aliphatic hydroxyl groups excluding tert-OH is 1. The first-order valence-electron chi connectivity index (χ1n) is 11.3. The Labute approximate surface area is 189 Å². The first-order chi connectivity index (χ1) is 15.5. The second kappa shape index (κ2) is 11.8. The topological polar surface area (TPSA) is 111 Å². The average Bonchev–Trinajstić information content (AvgIpc) is 3.10. The van der Waals surface area contributed by atoms with E-state index in [0.717, 1.165) is 17.7 Å². The molecular weight excluding hydrogens is 406 g/mol. The van der Waals surface area contributed by atoms with Crippen molar-refractivity contribution in [1.29, 1.82) is 0 Å². The van der Waals surface area contributed by atoms with Gasteiger partial charge in [0.1, 0.15) is 6.04 Å². The third-order valence-corrected chi connectivity index (χ3v) is 6.05. The van der Waals surface area contributed by atoms with E-state index in [4.69, 9.17) is 5.21 Å². The standard InChI is InChI=1S/C25H33N3O4/c1-17(29)23(25(31)28-32)27-24(30)21-14-12-20(13-15-21)19-10-8-18(9-11-19)16-26-22-6-4-2-3-5-7-22/h8-15,17,22-23,26,29,32H,2-7,16H2,1H3,(H,27,30)(H,28,31)/t17-,23+/m1/s1. The Morgan fingerprint density at radius 3 is 2.03 bits per heavy atom. The molecule has 3 rings (SSSR count). The number of carbonyl (C=O) groups excluding carboxylic acids is 2. The molecule has 5 N–H and O–H groups in total. The number of benzene rings is 2. The number of carbonyl (C=O) groups is 2. The highest BCUT2D eigenvalue weighted by molar-refractivity contribution is 5.97. The fourth-order valence-electron chi connectivity index (χ4n) is 4.07. The molecule has 0 aliphatic heterocycles. The number of nitrogens with one attached hydrogen (secondary N) is 3. The Morgan fingerprint density at radius 2 is 1.50 bits per heavy atom. The molecule has 172 valence electrons. The van der Waals surface area contributed by atoms with Crippen molar-refractivity contribution in [3.63, 3.8) is 0 Å². The van der Waals surface area contributed by atoms with E-state index in [2.05, 4.69) is 34.9 Å². The van der Waals surface area contributed by atoms with E-state index < -0.39 is 24.0 Å². The van der Waals surface area contributed by atoms with Crippen molar-refractivity contribution >= 4 is 11.8 Å². The van der Waals surface area contributed by atoms with Gasteiger partial charge in [-0.25, -0.2) is 5.48 Å². The molecule has 0 radical (unpaired) electrons. The van der Waals surface area contributed by atoms with Crippen LogP contribution in [-0.4, -0.2) is 40.3 Å². The second-order valence-electron chi connectivity index (χ2n) is 8.51. The number of hydroxylamine groups is 1. The summed E-state index contributed by atoms with van der Waals surface area (Å²) in [6.07, 6.45) is 6.72. The van der Waals surface area contributed by atoms with Crippen LogP contribution in [-0.2, 0) is 11.3 Å². The van der Waals surface area contributed by atoms with Crippen LogP contribution in [0, 0.1) is 0 Å². The van der Waals surface area contributed by atoms with E-state index in [1.807, 2.05) is 12.1 Å². The summed E-state index contributed by atoms with van der Waals surface area (Å²) >= 11 is 0. The van der Waals surface area contributed by atoms with Crippen molar-refractivity contribution < 1.29 is 19.9 Å². The van der Waals surface area contributed by atoms with Gasteiger partial charge in [-0.05, 0) is 48.6 Å². The van der Waals surface area contributed by atoms with Gasteiger partial charge in [0.05, 0.1) is 6.10 Å². The summed E-state index contributed by atoms with van der Waals surface area (Å²) in [5, 5.41) is 24.5. The first-order valence-corrected chi connectivity index (χ1v) is 11.3. The molecule has 0 unspecified atom stereocenters. The van der Waals surface area contributed by atoms with Crippen molar-refractivity contribution in [2.75, 3.05) is 0 Å². The smallest absolute Gasteiger partial charge is 0.268 e. The van der Waals surface area contributed by atoms with Crippen molar-refractivity contribution in [2.45, 2.75) is 70.2 Å². The summed E-state index contributed by atoms with van der Waals surface area (Å²) in [6, 6.07) is 14.8. The molecule has 0 heterocycles. The molecule has 2 aromatic rings. The quantitative estimate of drug-likeness (QED) is 0.247. The molecule has 0 spiro atoms. The minimum Gasteiger partial charge on any atom is -0.391 e. The van der Waals surface area contributed by atoms with Crippen LogP contribution in [0.4, 0.5) is 0 Å². The molecule has 2 atom stereocenters. The molecule has 1 aliphatic rings. The molecule has 1 fully saturated rings. The van der Waals surface area contributed by atoms with E-state index in [-0.39, 0.29) is 0 Å². The predicted molar refractivity (Wildman–Crippen MR) is 123 cm³/mol. The summed E-state index contributed by atoms with van der Waals surface area (Å²) in [5.41, 5.74) is 5.09. The summed E-state index contributed by atoms with van der Waals surface area (Å²) in [7, 11) is 0. The summed E-state index contributed by atoms with van der Waals surface area (Å²) < 4.78 is 0. The molecule has 2 amide bonds. The SMILES string of the molecule is C[C@@H](O)[C@H](NC(=O)c1ccc(-c2ccc(CNC3CCCCCC3)cc2)cc1)C(=O)NO. The zero-order valence-electron chi connectivity index (χ0n) is 18.5. The first kappa shape index (κ1) is 23.9. The van der Waals surface area contributed by atoms with Gasteiger partial charge in [0, 0.05) is 18.2 Å². The highest BCUT2D eigenvalue weighted by Crippen LogP contribution is 2.21. The van der Waals surface area contributed by atoms with Gasteiger partial charge >= 0.3 is 0 Å². The zero-order chi connectivity index (χ0) is 22.9. The maximum absolute atomic E-state index is 12.4. The van der Waals surface area contributed by atoms with Gasteiger partial charge in [-0.1, -0.05) is 62.1 Å². The van der Waals surface area contributed by atoms with Gasteiger partial charge < -0.3 is 15.7 Å². The van der Waals surface area contributed by atoms with Gasteiger partial charge in [0.25, 0.3) is 11.8 Å². The molecular formula is C25H33N3O4. The summed E-state index contributed by atoms with van der Waals surface area (Å²) in [4.78, 5) is 24.0. The molecule has 2 aromatic carbocycles. The molecule has 1 saturated carbocycles. The van der Waals surface area contributed by atoms with E-state index >= 15 is 0 Å². The Bertz CT molecular complexity index is 873. The molecule has 1 aliphatic carbocycles. The van der Waals surface area contributed by atoms with Gasteiger partial charge in [0.15, 0.2) is 0 Å². The molecule has 7 nitrogen and oxygen atoms in total. The Morgan fingerprint density at radius 1 is 0.938 bits per heavy atom. The third kappa shape index (κ3) is 6.63. The van der Waals surface area contributed by atoms with Crippen LogP contribution in [0.2, 0.25) is 0 Å². The van der Waals surface area contributed by atoms with Gasteiger partial charge in [0.2, 0.25) is 0 Å². The molecule has 32 heavy (non-hydrogen) atoms. The van der Waals surface area contributed by atoms with Crippen LogP contribution >= 0.6 is 0 Å². The average molecular weight is 440 g/mol. The normalized spacial score (nSPS) is 16.6. The van der Waals surface area contributed by atoms with E-state index in [1.165, 1.54) is 56.5 Å². The van der Waals surface area contributed by atoms with Crippen LogP contribution in [0.25, 0.3) is 11.1 Å². The van der Waals surface area contributed by atoms with E-state index in [9.17, 15) is 14.7 Å². The predicted octanol–water partition coefficient (Wildman–Crippen LogP) is 3.15. The molecule has 0 saturated heterocycles. The minimum absolute atomic E-state index is 0.356. The highest BCUT2D eigenvalue weighted by atomic mass is 16.5. The zero-order valence-corrected chi connectivity index (χ0v) is 18.5. The maximum atomic E-state index is 12.4. The van der Waals surface area contributed by atoms with E-state index in [1.54, 1.807) is 12.1 Å². The summed E-state index contributed by atoms with van der Waals surface area (Å²) in [5.74, 6) is -1.38. The second-order valence-corrected chi connectivity index (χ2v) is 8.51. The number of amides is 2. The summed E-state index contributed by atoms with van der Waals surface area (Å²) in [6.45, 7) is 2.23. The van der Waals surface area contributed by atoms with Crippen LogP contribution in [0.15, 0.2) is 48.5 Å². The Balaban J connectivity index is 1.58. The lowest BCUT2D eigenvalue weighted by Gasteiger charge is -2.19. The van der Waals surface area contributed by atoms with Crippen LogP contribution in [0.1, 0.15) is 61.4 Å². The minimum atomic E-state index is -1.24. The highest BCUT2D eigenvalue weighted by Gasteiger charge is 2.25. The number of rotatable bonds is 8. The maximum Gasteiger partial charge on any atom is 0.268 e. The van der Waals surface area contributed by atoms with E-state index in [0.29, 0.717) is 11.6 Å². The fourth-order valence-corrected chi connectivity index (χ4v) is 4.07. The molecule has 7 heteroatoms. The monoisotopic (exact) mass is 439 g/mol. The van der Waals surface area contributed by atoms with Gasteiger partial charge in [-0.2, -0.15) is 0 Å². The van der Waals surface area contributed by atoms with Crippen LogP contribution < -0.4 is 16.1 Å². The number of aliphatic hydroxyl groups is 1. The van der Waals surface area contributed by atoms with Crippen molar-refractivity contribution in [3.05, 3.63) is 59.7 Å². The van der Waals surface area contributed by atoms with Crippen molar-refractivity contribution in [1.82, 2.24) is 16.1 Å². The fraction of sp³-hybridized carbons (Fsp3) is 0.440. The Kier molecular flexibility index (Phi) is 8.79. The lowest BCUT2D eigenvalue weighted by atomic mass is 10.0. The van der Waals surface area contributed by atoms with Gasteiger partial charge in [-0.15, -0.1) is 0 Å².